The van der Waals surface area contributed by atoms with Crippen LogP contribution in [0, 0.1) is 0 Å². The topological polar surface area (TPSA) is 108 Å². The monoisotopic (exact) mass is 432 g/mol. The molecule has 0 spiro atoms. The molecular weight excluding hydrogens is 408 g/mol. The number of primary amides is 1. The van der Waals surface area contributed by atoms with Crippen LogP contribution in [0.15, 0.2) is 60.9 Å². The number of benzene rings is 2. The first-order valence-electron chi connectivity index (χ1n) is 10.3. The van der Waals surface area contributed by atoms with Crippen LogP contribution in [-0.4, -0.2) is 53.5 Å². The molecule has 2 N–H and O–H groups in total. The van der Waals surface area contributed by atoms with Crippen LogP contribution in [-0.2, 0) is 16.0 Å². The third kappa shape index (κ3) is 4.76. The quantitative estimate of drug-likeness (QED) is 0.641. The second-order valence-electron chi connectivity index (χ2n) is 7.46. The predicted molar refractivity (Wildman–Crippen MR) is 118 cm³/mol. The van der Waals surface area contributed by atoms with Crippen molar-refractivity contribution in [2.45, 2.75) is 12.5 Å². The van der Waals surface area contributed by atoms with Crippen molar-refractivity contribution in [3.05, 3.63) is 77.7 Å². The Morgan fingerprint density at radius 2 is 1.94 bits per heavy atom. The minimum Gasteiger partial charge on any atom is -0.497 e. The maximum atomic E-state index is 12.9. The lowest BCUT2D eigenvalue weighted by atomic mass is 10.0. The molecule has 32 heavy (non-hydrogen) atoms. The molecule has 1 atom stereocenters. The van der Waals surface area contributed by atoms with E-state index in [1.807, 2.05) is 24.3 Å². The molecule has 1 aliphatic rings. The van der Waals surface area contributed by atoms with Crippen molar-refractivity contribution in [1.29, 1.82) is 0 Å². The molecule has 1 fully saturated rings. The Labute approximate surface area is 186 Å². The molecule has 1 aliphatic heterocycles. The van der Waals surface area contributed by atoms with Crippen LogP contribution in [0.1, 0.15) is 27.7 Å². The highest BCUT2D eigenvalue weighted by Gasteiger charge is 2.28. The number of hydrogen-bond acceptors (Lipinski definition) is 6. The Hall–Kier alpha value is -3.78. The highest BCUT2D eigenvalue weighted by Crippen LogP contribution is 2.29. The molecule has 8 heteroatoms. The van der Waals surface area contributed by atoms with E-state index in [-0.39, 0.29) is 12.3 Å². The Bertz CT molecular complexity index is 1120. The zero-order chi connectivity index (χ0) is 22.5. The van der Waals surface area contributed by atoms with E-state index in [1.54, 1.807) is 48.7 Å². The molecule has 3 aromatic rings. The lowest BCUT2D eigenvalue weighted by molar-refractivity contribution is -0.138. The number of morpholine rings is 1. The van der Waals surface area contributed by atoms with Crippen molar-refractivity contribution in [3.8, 4) is 17.0 Å². The van der Waals surface area contributed by atoms with Gasteiger partial charge >= 0.3 is 0 Å². The van der Waals surface area contributed by atoms with Crippen molar-refractivity contribution in [2.75, 3.05) is 26.8 Å². The van der Waals surface area contributed by atoms with Gasteiger partial charge in [-0.05, 0) is 29.8 Å². The smallest absolute Gasteiger partial charge is 0.248 e. The molecule has 0 aliphatic carbocycles. The van der Waals surface area contributed by atoms with E-state index in [0.717, 1.165) is 16.9 Å². The summed E-state index contributed by atoms with van der Waals surface area (Å²) < 4.78 is 11.2. The lowest BCUT2D eigenvalue weighted by Crippen LogP contribution is -2.43. The van der Waals surface area contributed by atoms with Crippen LogP contribution < -0.4 is 10.5 Å². The predicted octanol–water partition coefficient (Wildman–Crippen LogP) is 2.39. The first kappa shape index (κ1) is 21.5. The van der Waals surface area contributed by atoms with Gasteiger partial charge in [-0.25, -0.2) is 0 Å². The Morgan fingerprint density at radius 1 is 1.16 bits per heavy atom. The highest BCUT2D eigenvalue weighted by molar-refractivity contribution is 5.93. The summed E-state index contributed by atoms with van der Waals surface area (Å²) in [6, 6.07) is 14.4. The summed E-state index contributed by atoms with van der Waals surface area (Å²) in [7, 11) is 1.60. The number of carbonyl (C=O) groups excluding carboxylic acids is 2. The minimum absolute atomic E-state index is 0.0165. The molecule has 0 saturated carbocycles. The van der Waals surface area contributed by atoms with Crippen LogP contribution in [0.4, 0.5) is 0 Å². The van der Waals surface area contributed by atoms with Gasteiger partial charge in [-0.3, -0.25) is 19.6 Å². The van der Waals surface area contributed by atoms with E-state index in [1.165, 1.54) is 0 Å². The fourth-order valence-corrected chi connectivity index (χ4v) is 3.71. The van der Waals surface area contributed by atoms with E-state index in [4.69, 9.17) is 15.2 Å². The maximum absolute atomic E-state index is 12.9. The Morgan fingerprint density at radius 3 is 2.69 bits per heavy atom. The Kier molecular flexibility index (Phi) is 6.42. The largest absolute Gasteiger partial charge is 0.497 e. The number of nitrogens with two attached hydrogens (primary N) is 1. The number of carbonyl (C=O) groups is 2. The average molecular weight is 432 g/mol. The molecule has 2 heterocycles. The van der Waals surface area contributed by atoms with Gasteiger partial charge in [0.15, 0.2) is 0 Å². The number of rotatable bonds is 6. The number of nitrogens with zero attached hydrogens (tertiary/aromatic N) is 3. The summed E-state index contributed by atoms with van der Waals surface area (Å²) >= 11 is 0. The number of hydrogen-bond donors (Lipinski definition) is 1. The van der Waals surface area contributed by atoms with Crippen LogP contribution >= 0.6 is 0 Å². The minimum atomic E-state index is -0.489. The molecule has 1 aromatic heterocycles. The van der Waals surface area contributed by atoms with Crippen molar-refractivity contribution < 1.29 is 19.1 Å². The number of aromatic nitrogens is 2. The van der Waals surface area contributed by atoms with E-state index >= 15 is 0 Å². The van der Waals surface area contributed by atoms with Gasteiger partial charge in [-0.1, -0.05) is 24.3 Å². The summed E-state index contributed by atoms with van der Waals surface area (Å²) in [5, 5.41) is 0. The SMILES string of the molecule is COc1cccc(CC(=O)N2CCO[C@H](c3nccnc3-c3ccc(C(N)=O)cc3)C2)c1. The first-order valence-corrected chi connectivity index (χ1v) is 10.3. The van der Waals surface area contributed by atoms with Crippen LogP contribution in [0.25, 0.3) is 11.3 Å². The normalized spacial score (nSPS) is 15.9. The molecular formula is C24H24N4O4. The van der Waals surface area contributed by atoms with Gasteiger partial charge in [0.05, 0.1) is 38.1 Å². The summed E-state index contributed by atoms with van der Waals surface area (Å²) in [5.41, 5.74) is 8.74. The standard InChI is InChI=1S/C24H24N4O4/c1-31-19-4-2-3-16(13-19)14-21(29)28-11-12-32-20(15-28)23-22(26-9-10-27-23)17-5-7-18(8-6-17)24(25)30/h2-10,13,20H,11-12,14-15H2,1H3,(H2,25,30)/t20-/m0/s1. The maximum Gasteiger partial charge on any atom is 0.248 e. The number of methoxy groups -OCH3 is 1. The molecule has 2 amide bonds. The van der Waals surface area contributed by atoms with Gasteiger partial charge in [0, 0.05) is 30.1 Å². The Balaban J connectivity index is 1.52. The third-order valence-corrected chi connectivity index (χ3v) is 5.38. The molecule has 0 radical (unpaired) electrons. The van der Waals surface area contributed by atoms with Gasteiger partial charge in [0.25, 0.3) is 0 Å². The van der Waals surface area contributed by atoms with Crippen molar-refractivity contribution in [3.63, 3.8) is 0 Å². The van der Waals surface area contributed by atoms with Crippen LogP contribution in [0.2, 0.25) is 0 Å². The summed E-state index contributed by atoms with van der Waals surface area (Å²) in [5.74, 6) is 0.251. The fraction of sp³-hybridized carbons (Fsp3) is 0.250. The lowest BCUT2D eigenvalue weighted by Gasteiger charge is -2.33. The van der Waals surface area contributed by atoms with Gasteiger partial charge in [0.2, 0.25) is 11.8 Å². The molecule has 1 saturated heterocycles. The number of ether oxygens (including phenoxy) is 2. The van der Waals surface area contributed by atoms with Crippen molar-refractivity contribution in [1.82, 2.24) is 14.9 Å². The fourth-order valence-electron chi connectivity index (χ4n) is 3.71. The molecule has 0 bridgehead atoms. The van der Waals surface area contributed by atoms with Crippen molar-refractivity contribution in [2.24, 2.45) is 5.73 Å². The third-order valence-electron chi connectivity index (χ3n) is 5.38. The zero-order valence-electron chi connectivity index (χ0n) is 17.7. The highest BCUT2D eigenvalue weighted by atomic mass is 16.5. The summed E-state index contributed by atoms with van der Waals surface area (Å²) in [6.07, 6.45) is 3.09. The van der Waals surface area contributed by atoms with E-state index in [9.17, 15) is 9.59 Å². The summed E-state index contributed by atoms with van der Waals surface area (Å²) in [4.78, 5) is 35.1. The average Bonchev–Trinajstić information content (AvgIpc) is 2.84. The second-order valence-corrected chi connectivity index (χ2v) is 7.46. The van der Waals surface area contributed by atoms with Gasteiger partial charge in [-0.2, -0.15) is 0 Å². The van der Waals surface area contributed by atoms with Crippen LogP contribution in [0.3, 0.4) is 0 Å². The molecule has 164 valence electrons. The second kappa shape index (κ2) is 9.57. The first-order chi connectivity index (χ1) is 15.5. The van der Waals surface area contributed by atoms with Crippen LogP contribution in [0.5, 0.6) is 5.75 Å². The van der Waals surface area contributed by atoms with Gasteiger partial charge < -0.3 is 20.1 Å². The van der Waals surface area contributed by atoms with Gasteiger partial charge in [0.1, 0.15) is 11.9 Å². The zero-order valence-corrected chi connectivity index (χ0v) is 17.7. The number of amides is 2. The van der Waals surface area contributed by atoms with Gasteiger partial charge in [-0.15, -0.1) is 0 Å². The molecule has 2 aromatic carbocycles. The van der Waals surface area contributed by atoms with E-state index < -0.39 is 12.0 Å². The molecule has 8 nitrogen and oxygen atoms in total. The van der Waals surface area contributed by atoms with E-state index in [2.05, 4.69) is 9.97 Å². The molecule has 0 unspecified atom stereocenters. The van der Waals surface area contributed by atoms with E-state index in [0.29, 0.717) is 36.6 Å². The summed E-state index contributed by atoms with van der Waals surface area (Å²) in [6.45, 7) is 1.31. The van der Waals surface area contributed by atoms with Crippen molar-refractivity contribution >= 4 is 11.8 Å². The molecule has 4 rings (SSSR count).